The Morgan fingerprint density at radius 3 is 2.72 bits per heavy atom. The number of anilines is 1. The number of piperazine rings is 1. The number of hydrogen-bond donors (Lipinski definition) is 1. The summed E-state index contributed by atoms with van der Waals surface area (Å²) in [6.45, 7) is 8.51. The summed E-state index contributed by atoms with van der Waals surface area (Å²) in [6.07, 6.45) is 2.02. The zero-order valence-corrected chi connectivity index (χ0v) is 11.0. The molecule has 3 heteroatoms. The average molecular weight is 241 g/mol. The summed E-state index contributed by atoms with van der Waals surface area (Å²) in [7, 11) is 0. The van der Waals surface area contributed by atoms with Gasteiger partial charge in [0.15, 0.2) is 0 Å². The van der Waals surface area contributed by atoms with Crippen molar-refractivity contribution in [1.82, 2.24) is 10.3 Å². The Bertz CT molecular complexity index is 571. The number of fused-ring (bicyclic) bond motifs is 1. The number of nitrogens with one attached hydrogen (secondary N) is 1. The fraction of sp³-hybridized carbons (Fsp3) is 0.400. The van der Waals surface area contributed by atoms with Crippen LogP contribution in [0.15, 0.2) is 24.4 Å². The third-order valence-electron chi connectivity index (χ3n) is 3.87. The molecule has 1 fully saturated rings. The minimum Gasteiger partial charge on any atom is -0.354 e. The van der Waals surface area contributed by atoms with E-state index in [-0.39, 0.29) is 0 Å². The van der Waals surface area contributed by atoms with E-state index in [4.69, 9.17) is 0 Å². The van der Waals surface area contributed by atoms with E-state index >= 15 is 0 Å². The van der Waals surface area contributed by atoms with Crippen molar-refractivity contribution in [2.45, 2.75) is 13.8 Å². The number of aryl methyl sites for hydroxylation is 2. The summed E-state index contributed by atoms with van der Waals surface area (Å²) in [6, 6.07) is 6.61. The summed E-state index contributed by atoms with van der Waals surface area (Å²) in [5.74, 6) is 1.10. The maximum atomic E-state index is 4.63. The van der Waals surface area contributed by atoms with Crippen LogP contribution < -0.4 is 10.2 Å². The van der Waals surface area contributed by atoms with Crippen LogP contribution in [0.2, 0.25) is 0 Å². The van der Waals surface area contributed by atoms with Crippen LogP contribution in [0.4, 0.5) is 5.82 Å². The van der Waals surface area contributed by atoms with Crippen molar-refractivity contribution in [3.63, 3.8) is 0 Å². The summed E-state index contributed by atoms with van der Waals surface area (Å²) in [5, 5.41) is 5.93. The summed E-state index contributed by atoms with van der Waals surface area (Å²) < 4.78 is 0. The lowest BCUT2D eigenvalue weighted by molar-refractivity contribution is 0.585. The second kappa shape index (κ2) is 4.58. The van der Waals surface area contributed by atoms with Gasteiger partial charge in [0.2, 0.25) is 0 Å². The van der Waals surface area contributed by atoms with Crippen molar-refractivity contribution in [3.8, 4) is 0 Å². The number of nitrogens with zero attached hydrogens (tertiary/aromatic N) is 2. The molecule has 2 heterocycles. The van der Waals surface area contributed by atoms with Gasteiger partial charge in [-0.05, 0) is 36.4 Å². The lowest BCUT2D eigenvalue weighted by atomic mass is 10.0. The van der Waals surface area contributed by atoms with E-state index in [0.717, 1.165) is 32.0 Å². The van der Waals surface area contributed by atoms with Crippen molar-refractivity contribution in [3.05, 3.63) is 35.5 Å². The SMILES string of the molecule is Cc1ccc2cc(N3CCNCC3)ncc2c1C. The van der Waals surface area contributed by atoms with Gasteiger partial charge in [-0.1, -0.05) is 12.1 Å². The predicted octanol–water partition coefficient (Wildman–Crippen LogP) is 2.26. The number of pyridine rings is 1. The first kappa shape index (κ1) is 11.5. The molecule has 0 radical (unpaired) electrons. The van der Waals surface area contributed by atoms with E-state index < -0.39 is 0 Å². The van der Waals surface area contributed by atoms with Gasteiger partial charge in [-0.15, -0.1) is 0 Å². The molecule has 0 bridgehead atoms. The summed E-state index contributed by atoms with van der Waals surface area (Å²) >= 11 is 0. The van der Waals surface area contributed by atoms with E-state index in [9.17, 15) is 0 Å². The Morgan fingerprint density at radius 2 is 1.94 bits per heavy atom. The van der Waals surface area contributed by atoms with Crippen LogP contribution in [-0.4, -0.2) is 31.2 Å². The van der Waals surface area contributed by atoms with Gasteiger partial charge in [0.1, 0.15) is 5.82 Å². The molecule has 1 aromatic heterocycles. The predicted molar refractivity (Wildman–Crippen MR) is 76.3 cm³/mol. The van der Waals surface area contributed by atoms with Crippen molar-refractivity contribution < 1.29 is 0 Å². The van der Waals surface area contributed by atoms with Gasteiger partial charge in [-0.25, -0.2) is 4.98 Å². The molecule has 0 unspecified atom stereocenters. The average Bonchev–Trinajstić information content (AvgIpc) is 2.44. The minimum absolute atomic E-state index is 1.04. The highest BCUT2D eigenvalue weighted by atomic mass is 15.2. The third kappa shape index (κ3) is 1.95. The lowest BCUT2D eigenvalue weighted by Crippen LogP contribution is -2.43. The van der Waals surface area contributed by atoms with Crippen LogP contribution in [0.1, 0.15) is 11.1 Å². The fourth-order valence-electron chi connectivity index (χ4n) is 2.53. The van der Waals surface area contributed by atoms with Crippen molar-refractivity contribution in [1.29, 1.82) is 0 Å². The highest BCUT2D eigenvalue weighted by Gasteiger charge is 2.12. The molecule has 0 aliphatic carbocycles. The fourth-order valence-corrected chi connectivity index (χ4v) is 2.53. The van der Waals surface area contributed by atoms with E-state index in [1.165, 1.54) is 21.9 Å². The number of benzene rings is 1. The van der Waals surface area contributed by atoms with E-state index in [0.29, 0.717) is 0 Å². The van der Waals surface area contributed by atoms with Gasteiger partial charge >= 0.3 is 0 Å². The van der Waals surface area contributed by atoms with Crippen LogP contribution in [0.5, 0.6) is 0 Å². The highest BCUT2D eigenvalue weighted by Crippen LogP contribution is 2.24. The molecule has 18 heavy (non-hydrogen) atoms. The topological polar surface area (TPSA) is 28.2 Å². The van der Waals surface area contributed by atoms with Gasteiger partial charge in [0.05, 0.1) is 0 Å². The number of hydrogen-bond acceptors (Lipinski definition) is 3. The Balaban J connectivity index is 2.03. The maximum absolute atomic E-state index is 4.63. The molecular weight excluding hydrogens is 222 g/mol. The Labute approximate surface area is 108 Å². The summed E-state index contributed by atoms with van der Waals surface area (Å²) in [4.78, 5) is 6.98. The molecule has 1 aliphatic rings. The van der Waals surface area contributed by atoms with Crippen LogP contribution in [0, 0.1) is 13.8 Å². The molecule has 1 N–H and O–H groups in total. The first-order valence-corrected chi connectivity index (χ1v) is 6.57. The zero-order chi connectivity index (χ0) is 12.5. The molecule has 3 nitrogen and oxygen atoms in total. The third-order valence-corrected chi connectivity index (χ3v) is 3.87. The highest BCUT2D eigenvalue weighted by molar-refractivity contribution is 5.87. The van der Waals surface area contributed by atoms with E-state index in [1.807, 2.05) is 6.20 Å². The summed E-state index contributed by atoms with van der Waals surface area (Å²) in [5.41, 5.74) is 2.67. The monoisotopic (exact) mass is 241 g/mol. The first-order chi connectivity index (χ1) is 8.75. The minimum atomic E-state index is 1.04. The van der Waals surface area contributed by atoms with Crippen LogP contribution in [-0.2, 0) is 0 Å². The van der Waals surface area contributed by atoms with Crippen LogP contribution >= 0.6 is 0 Å². The molecule has 1 saturated heterocycles. The van der Waals surface area contributed by atoms with E-state index in [1.54, 1.807) is 0 Å². The maximum Gasteiger partial charge on any atom is 0.129 e. The second-order valence-corrected chi connectivity index (χ2v) is 5.01. The smallest absolute Gasteiger partial charge is 0.129 e. The first-order valence-electron chi connectivity index (χ1n) is 6.57. The molecule has 0 spiro atoms. The standard InChI is InChI=1S/C15H19N3/c1-11-3-4-13-9-15(17-10-14(13)12(11)2)18-7-5-16-6-8-18/h3-4,9-10,16H,5-8H2,1-2H3. The van der Waals surface area contributed by atoms with Crippen molar-refractivity contribution in [2.24, 2.45) is 0 Å². The Hall–Kier alpha value is -1.61. The largest absolute Gasteiger partial charge is 0.354 e. The van der Waals surface area contributed by atoms with Crippen molar-refractivity contribution in [2.75, 3.05) is 31.1 Å². The van der Waals surface area contributed by atoms with Gasteiger partial charge in [0, 0.05) is 37.8 Å². The Kier molecular flexibility index (Phi) is 2.92. The molecule has 0 amide bonds. The lowest BCUT2D eigenvalue weighted by Gasteiger charge is -2.28. The quantitative estimate of drug-likeness (QED) is 0.830. The number of rotatable bonds is 1. The van der Waals surface area contributed by atoms with Crippen LogP contribution in [0.25, 0.3) is 10.8 Å². The number of aromatic nitrogens is 1. The van der Waals surface area contributed by atoms with Gasteiger partial charge in [-0.3, -0.25) is 0 Å². The zero-order valence-electron chi connectivity index (χ0n) is 11.0. The molecule has 1 aromatic carbocycles. The van der Waals surface area contributed by atoms with Gasteiger partial charge < -0.3 is 10.2 Å². The molecule has 2 aromatic rings. The Morgan fingerprint density at radius 1 is 1.17 bits per heavy atom. The van der Waals surface area contributed by atoms with E-state index in [2.05, 4.69) is 47.2 Å². The van der Waals surface area contributed by atoms with Gasteiger partial charge in [-0.2, -0.15) is 0 Å². The van der Waals surface area contributed by atoms with Crippen molar-refractivity contribution >= 4 is 16.6 Å². The molecule has 3 rings (SSSR count). The van der Waals surface area contributed by atoms with Gasteiger partial charge in [0.25, 0.3) is 0 Å². The second-order valence-electron chi connectivity index (χ2n) is 5.01. The van der Waals surface area contributed by atoms with Crippen LogP contribution in [0.3, 0.4) is 0 Å². The molecular formula is C15H19N3. The molecule has 1 aliphatic heterocycles. The molecule has 0 atom stereocenters. The molecule has 94 valence electrons. The molecule has 0 saturated carbocycles. The normalized spacial score (nSPS) is 16.2.